The molecule has 0 rings (SSSR count). The first-order valence-electron chi connectivity index (χ1n) is 5.09. The van der Waals surface area contributed by atoms with Gasteiger partial charge in [0.15, 0.2) is 5.12 Å². The van der Waals surface area contributed by atoms with Crippen LogP contribution in [0.25, 0.3) is 0 Å². The molecule has 0 aromatic heterocycles. The first-order chi connectivity index (χ1) is 8.23. The summed E-state index contributed by atoms with van der Waals surface area (Å²) in [7, 11) is 0. The van der Waals surface area contributed by atoms with E-state index in [2.05, 4.69) is 4.74 Å². The number of thioether (sulfide) groups is 1. The number of esters is 1. The lowest BCUT2D eigenvalue weighted by Crippen LogP contribution is -2.34. The molecule has 0 aliphatic carbocycles. The molecule has 1 amide bonds. The number of nitrogens with two attached hydrogens (primary N) is 1. The van der Waals surface area contributed by atoms with Gasteiger partial charge >= 0.3 is 11.9 Å². The normalized spacial score (nSPS) is 13.4. The van der Waals surface area contributed by atoms with Gasteiger partial charge in [-0.1, -0.05) is 18.7 Å². The quantitative estimate of drug-likeness (QED) is 0.616. The molecule has 2 atom stereocenters. The number of ether oxygens (including phenoxy) is 1. The maximum Gasteiger partial charge on any atom is 0.345 e. The first-order valence-corrected chi connectivity index (χ1v) is 6.07. The lowest BCUT2D eigenvalue weighted by molar-refractivity contribution is -0.167. The highest BCUT2D eigenvalue weighted by Gasteiger charge is 2.27. The van der Waals surface area contributed by atoms with Gasteiger partial charge in [0.1, 0.15) is 0 Å². The predicted octanol–water partition coefficient (Wildman–Crippen LogP) is -0.226. The second-order valence-electron chi connectivity index (χ2n) is 3.64. The van der Waals surface area contributed by atoms with Crippen molar-refractivity contribution in [2.75, 3.05) is 5.75 Å². The molecular weight excluding hydrogens is 262 g/mol. The molecule has 0 saturated heterocycles. The van der Waals surface area contributed by atoms with Gasteiger partial charge in [-0.05, 0) is 0 Å². The van der Waals surface area contributed by atoms with Gasteiger partial charge in [-0.2, -0.15) is 0 Å². The number of amides is 1. The smallest absolute Gasteiger partial charge is 0.345 e. The van der Waals surface area contributed by atoms with Gasteiger partial charge in [-0.3, -0.25) is 14.4 Å². The topological polar surface area (TPSA) is 124 Å². The molecule has 0 radical (unpaired) electrons. The van der Waals surface area contributed by atoms with E-state index >= 15 is 0 Å². The molecule has 0 saturated carbocycles. The Hall–Kier alpha value is -1.57. The number of carboxylic acid groups (broad SMARTS) is 1. The Morgan fingerprint density at radius 2 is 1.89 bits per heavy atom. The summed E-state index contributed by atoms with van der Waals surface area (Å²) >= 11 is 0.938. The van der Waals surface area contributed by atoms with E-state index in [0.717, 1.165) is 11.8 Å². The Bertz CT molecular complexity index is 356. The maximum atomic E-state index is 11.5. The maximum absolute atomic E-state index is 11.5. The van der Waals surface area contributed by atoms with Crippen molar-refractivity contribution in [1.29, 1.82) is 0 Å². The average Bonchev–Trinajstić information content (AvgIpc) is 2.23. The summed E-state index contributed by atoms with van der Waals surface area (Å²) in [6.45, 7) is 2.86. The first kappa shape index (κ1) is 16.4. The van der Waals surface area contributed by atoms with Crippen LogP contribution in [0, 0.1) is 5.92 Å². The zero-order chi connectivity index (χ0) is 14.3. The lowest BCUT2D eigenvalue weighted by Gasteiger charge is -2.15. The van der Waals surface area contributed by atoms with Crippen molar-refractivity contribution in [2.45, 2.75) is 26.4 Å². The molecule has 0 aromatic rings. The fourth-order valence-corrected chi connectivity index (χ4v) is 1.55. The van der Waals surface area contributed by atoms with Crippen LogP contribution in [-0.4, -0.2) is 39.9 Å². The van der Waals surface area contributed by atoms with E-state index < -0.39 is 36.3 Å². The summed E-state index contributed by atoms with van der Waals surface area (Å²) in [6, 6.07) is 0. The lowest BCUT2D eigenvalue weighted by atomic mass is 10.2. The van der Waals surface area contributed by atoms with Crippen molar-refractivity contribution >= 4 is 34.7 Å². The largest absolute Gasteiger partial charge is 0.478 e. The van der Waals surface area contributed by atoms with Crippen LogP contribution in [0.1, 0.15) is 20.3 Å². The highest BCUT2D eigenvalue weighted by molar-refractivity contribution is 8.13. The average molecular weight is 277 g/mol. The van der Waals surface area contributed by atoms with Gasteiger partial charge in [0.2, 0.25) is 12.0 Å². The molecule has 0 spiro atoms. The molecule has 8 heteroatoms. The van der Waals surface area contributed by atoms with E-state index in [1.807, 2.05) is 0 Å². The zero-order valence-corrected chi connectivity index (χ0v) is 10.9. The highest BCUT2D eigenvalue weighted by atomic mass is 32.2. The van der Waals surface area contributed by atoms with Crippen LogP contribution in [0.5, 0.6) is 0 Å². The third kappa shape index (κ3) is 6.89. The molecule has 0 aliphatic rings. The van der Waals surface area contributed by atoms with Crippen molar-refractivity contribution < 1.29 is 29.0 Å². The second-order valence-corrected chi connectivity index (χ2v) is 4.83. The summed E-state index contributed by atoms with van der Waals surface area (Å²) in [6.07, 6.45) is -2.16. The minimum absolute atomic E-state index is 0.151. The molecule has 0 aromatic carbocycles. The minimum atomic E-state index is -1.58. The van der Waals surface area contributed by atoms with Crippen LogP contribution >= 0.6 is 11.8 Å². The number of hydrogen-bond acceptors (Lipinski definition) is 6. The fraction of sp³-hybridized carbons (Fsp3) is 0.600. The van der Waals surface area contributed by atoms with E-state index in [4.69, 9.17) is 10.8 Å². The van der Waals surface area contributed by atoms with Crippen LogP contribution in [0.2, 0.25) is 0 Å². The molecule has 7 nitrogen and oxygen atoms in total. The van der Waals surface area contributed by atoms with Crippen LogP contribution in [-0.2, 0) is 23.9 Å². The fourth-order valence-electron chi connectivity index (χ4n) is 0.929. The zero-order valence-electron chi connectivity index (χ0n) is 10.0. The molecule has 0 heterocycles. The van der Waals surface area contributed by atoms with Gasteiger partial charge in [-0.15, -0.1) is 0 Å². The van der Waals surface area contributed by atoms with Gasteiger partial charge in [0, 0.05) is 12.7 Å². The number of carbonyl (C=O) groups excluding carboxylic acids is 3. The van der Waals surface area contributed by atoms with Crippen LogP contribution < -0.4 is 5.73 Å². The van der Waals surface area contributed by atoms with E-state index in [-0.39, 0.29) is 10.9 Å². The predicted molar refractivity (Wildman–Crippen MR) is 63.6 cm³/mol. The van der Waals surface area contributed by atoms with Gasteiger partial charge < -0.3 is 15.6 Å². The van der Waals surface area contributed by atoms with Crippen molar-refractivity contribution in [1.82, 2.24) is 0 Å². The molecule has 0 aliphatic heterocycles. The van der Waals surface area contributed by atoms with E-state index in [1.165, 1.54) is 13.8 Å². The second kappa shape index (κ2) is 7.70. The van der Waals surface area contributed by atoms with Crippen molar-refractivity contribution in [3.05, 3.63) is 0 Å². The standard InChI is InChI=1S/C10H15NO6S/c1-5(4-18-6(2)12)10(16)17-7(9(14)15)3-8(11)13/h5,7H,3-4H2,1-2H3,(H2,11,13)(H,14,15)/t5-,7?/m1/s1. The molecule has 1 unspecified atom stereocenters. The van der Waals surface area contributed by atoms with Gasteiger partial charge in [-0.25, -0.2) is 4.79 Å². The van der Waals surface area contributed by atoms with Crippen LogP contribution in [0.4, 0.5) is 0 Å². The van der Waals surface area contributed by atoms with Crippen molar-refractivity contribution in [3.63, 3.8) is 0 Å². The summed E-state index contributed by atoms with van der Waals surface area (Å²) in [5.41, 5.74) is 4.84. The molecular formula is C10H15NO6S. The van der Waals surface area contributed by atoms with E-state index in [9.17, 15) is 19.2 Å². The number of carboxylic acids is 1. The molecule has 3 N–H and O–H groups in total. The number of primary amides is 1. The monoisotopic (exact) mass is 277 g/mol. The molecule has 0 bridgehead atoms. The van der Waals surface area contributed by atoms with Gasteiger partial charge in [0.25, 0.3) is 0 Å². The van der Waals surface area contributed by atoms with Crippen molar-refractivity contribution in [2.24, 2.45) is 11.7 Å². The number of rotatable bonds is 7. The summed E-state index contributed by atoms with van der Waals surface area (Å²) in [5.74, 6) is -3.54. The number of carbonyl (C=O) groups is 4. The Morgan fingerprint density at radius 3 is 2.28 bits per heavy atom. The Labute approximate surface area is 108 Å². The summed E-state index contributed by atoms with van der Waals surface area (Å²) < 4.78 is 4.65. The third-order valence-electron chi connectivity index (χ3n) is 1.86. The summed E-state index contributed by atoms with van der Waals surface area (Å²) in [5, 5.41) is 8.58. The Morgan fingerprint density at radius 1 is 1.33 bits per heavy atom. The SMILES string of the molecule is CC(=O)SC[C@@H](C)C(=O)OC(CC(N)=O)C(=O)O. The molecule has 18 heavy (non-hydrogen) atoms. The van der Waals surface area contributed by atoms with Crippen molar-refractivity contribution in [3.8, 4) is 0 Å². The van der Waals surface area contributed by atoms with Crippen LogP contribution in [0.3, 0.4) is 0 Å². The number of hydrogen-bond donors (Lipinski definition) is 2. The van der Waals surface area contributed by atoms with E-state index in [1.54, 1.807) is 0 Å². The summed E-state index contributed by atoms with van der Waals surface area (Å²) in [4.78, 5) is 43.5. The Balaban J connectivity index is 4.36. The third-order valence-corrected chi connectivity index (χ3v) is 2.93. The minimum Gasteiger partial charge on any atom is -0.478 e. The highest BCUT2D eigenvalue weighted by Crippen LogP contribution is 2.12. The molecule has 0 fully saturated rings. The van der Waals surface area contributed by atoms with E-state index in [0.29, 0.717) is 0 Å². The van der Waals surface area contributed by atoms with Gasteiger partial charge in [0.05, 0.1) is 12.3 Å². The Kier molecular flexibility index (Phi) is 7.03. The van der Waals surface area contributed by atoms with Crippen LogP contribution in [0.15, 0.2) is 0 Å². The molecule has 102 valence electrons. The number of aliphatic carboxylic acids is 1.